The van der Waals surface area contributed by atoms with E-state index < -0.39 is 0 Å². The maximum absolute atomic E-state index is 4.57. The van der Waals surface area contributed by atoms with E-state index in [4.69, 9.17) is 0 Å². The molecule has 1 N–H and O–H groups in total. The number of nitrogens with zero attached hydrogens (tertiary/aromatic N) is 2. The van der Waals surface area contributed by atoms with Crippen LogP contribution >= 0.6 is 0 Å². The van der Waals surface area contributed by atoms with Crippen molar-refractivity contribution in [2.45, 2.75) is 39.7 Å². The molecule has 0 saturated carbocycles. The van der Waals surface area contributed by atoms with Gasteiger partial charge in [-0.1, -0.05) is 26.0 Å². The van der Waals surface area contributed by atoms with Gasteiger partial charge >= 0.3 is 0 Å². The van der Waals surface area contributed by atoms with E-state index in [1.54, 1.807) is 0 Å². The van der Waals surface area contributed by atoms with Crippen LogP contribution in [0.15, 0.2) is 36.7 Å². The molecule has 0 radical (unpaired) electrons. The fraction of sp³-hybridized carbons (Fsp3) is 0.412. The second kappa shape index (κ2) is 7.15. The molecule has 1 atom stereocenters. The number of aromatic nitrogens is 2. The average molecular weight is 269 g/mol. The molecule has 2 aromatic heterocycles. The second-order valence-corrected chi connectivity index (χ2v) is 5.00. The fourth-order valence-electron chi connectivity index (χ4n) is 2.40. The molecule has 0 saturated heterocycles. The molecule has 2 rings (SSSR count). The molecule has 1 unspecified atom stereocenters. The van der Waals surface area contributed by atoms with Gasteiger partial charge in [0.15, 0.2) is 0 Å². The zero-order valence-corrected chi connectivity index (χ0v) is 12.6. The highest BCUT2D eigenvalue weighted by Crippen LogP contribution is 2.19. The van der Waals surface area contributed by atoms with Gasteiger partial charge in [0.05, 0.1) is 0 Å². The third kappa shape index (κ3) is 3.64. The van der Waals surface area contributed by atoms with Crippen molar-refractivity contribution >= 4 is 0 Å². The Morgan fingerprint density at radius 1 is 1.15 bits per heavy atom. The first-order chi connectivity index (χ1) is 9.74. The molecule has 3 heteroatoms. The van der Waals surface area contributed by atoms with Crippen LogP contribution in [0.5, 0.6) is 0 Å². The van der Waals surface area contributed by atoms with Crippen molar-refractivity contribution in [2.75, 3.05) is 6.54 Å². The number of hydrogen-bond acceptors (Lipinski definition) is 3. The molecule has 20 heavy (non-hydrogen) atoms. The molecule has 0 bridgehead atoms. The quantitative estimate of drug-likeness (QED) is 0.875. The molecule has 3 nitrogen and oxygen atoms in total. The van der Waals surface area contributed by atoms with Gasteiger partial charge in [-0.3, -0.25) is 9.97 Å². The van der Waals surface area contributed by atoms with Crippen LogP contribution in [0.2, 0.25) is 0 Å². The molecule has 2 heterocycles. The SMILES string of the molecule is CCNC(Cc1ccc(CC)cn1)c1cccnc1C. The topological polar surface area (TPSA) is 37.8 Å². The summed E-state index contributed by atoms with van der Waals surface area (Å²) in [5, 5.41) is 3.54. The Kier molecular flexibility index (Phi) is 5.24. The minimum absolute atomic E-state index is 0.272. The zero-order valence-electron chi connectivity index (χ0n) is 12.6. The summed E-state index contributed by atoms with van der Waals surface area (Å²) in [4.78, 5) is 8.96. The van der Waals surface area contributed by atoms with Gasteiger partial charge in [0.25, 0.3) is 0 Å². The van der Waals surface area contributed by atoms with Crippen molar-refractivity contribution in [3.8, 4) is 0 Å². The van der Waals surface area contributed by atoms with E-state index in [1.165, 1.54) is 11.1 Å². The Morgan fingerprint density at radius 2 is 2.00 bits per heavy atom. The van der Waals surface area contributed by atoms with Crippen LogP contribution in [0, 0.1) is 6.92 Å². The summed E-state index contributed by atoms with van der Waals surface area (Å²) in [5.41, 5.74) is 4.75. The Bertz CT molecular complexity index is 534. The molecule has 0 aliphatic heterocycles. The number of nitrogens with one attached hydrogen (secondary N) is 1. The Morgan fingerprint density at radius 3 is 2.60 bits per heavy atom. The minimum atomic E-state index is 0.272. The summed E-state index contributed by atoms with van der Waals surface area (Å²) in [6.45, 7) is 7.28. The Labute approximate surface area is 121 Å². The van der Waals surface area contributed by atoms with E-state index in [0.29, 0.717) is 0 Å². The van der Waals surface area contributed by atoms with E-state index in [0.717, 1.165) is 30.8 Å². The summed E-state index contributed by atoms with van der Waals surface area (Å²) in [5.74, 6) is 0. The van der Waals surface area contributed by atoms with Crippen LogP contribution in [-0.2, 0) is 12.8 Å². The highest BCUT2D eigenvalue weighted by atomic mass is 14.9. The molecule has 0 aromatic carbocycles. The first-order valence-corrected chi connectivity index (χ1v) is 7.33. The predicted octanol–water partition coefficient (Wildman–Crippen LogP) is 3.24. The Hall–Kier alpha value is -1.74. The van der Waals surface area contributed by atoms with E-state index in [2.05, 4.69) is 54.3 Å². The van der Waals surface area contributed by atoms with Crippen LogP contribution < -0.4 is 5.32 Å². The lowest BCUT2D eigenvalue weighted by molar-refractivity contribution is 0.539. The smallest absolute Gasteiger partial charge is 0.0422 e. The van der Waals surface area contributed by atoms with Gasteiger partial charge in [0, 0.05) is 36.2 Å². The number of pyridine rings is 2. The number of hydrogen-bond donors (Lipinski definition) is 1. The lowest BCUT2D eigenvalue weighted by Gasteiger charge is -2.19. The summed E-state index contributed by atoms with van der Waals surface area (Å²) in [7, 11) is 0. The number of likely N-dealkylation sites (N-methyl/N-ethyl adjacent to an activating group) is 1. The maximum Gasteiger partial charge on any atom is 0.0422 e. The van der Waals surface area contributed by atoms with Gasteiger partial charge in [0.1, 0.15) is 0 Å². The predicted molar refractivity (Wildman–Crippen MR) is 82.7 cm³/mol. The molecule has 0 fully saturated rings. The molecule has 0 amide bonds. The van der Waals surface area contributed by atoms with Gasteiger partial charge in [0.2, 0.25) is 0 Å². The lowest BCUT2D eigenvalue weighted by atomic mass is 10.00. The monoisotopic (exact) mass is 269 g/mol. The molecular weight excluding hydrogens is 246 g/mol. The fourth-order valence-corrected chi connectivity index (χ4v) is 2.40. The Balaban J connectivity index is 2.18. The largest absolute Gasteiger partial charge is 0.310 e. The molecule has 0 aliphatic carbocycles. The first kappa shape index (κ1) is 14.7. The number of aryl methyl sites for hydroxylation is 2. The van der Waals surface area contributed by atoms with Gasteiger partial charge in [-0.25, -0.2) is 0 Å². The summed E-state index contributed by atoms with van der Waals surface area (Å²) >= 11 is 0. The van der Waals surface area contributed by atoms with Crippen molar-refractivity contribution in [1.29, 1.82) is 0 Å². The molecule has 0 spiro atoms. The normalized spacial score (nSPS) is 12.3. The summed E-state index contributed by atoms with van der Waals surface area (Å²) in [6, 6.07) is 8.72. The summed E-state index contributed by atoms with van der Waals surface area (Å²) < 4.78 is 0. The first-order valence-electron chi connectivity index (χ1n) is 7.33. The van der Waals surface area contributed by atoms with E-state index >= 15 is 0 Å². The van der Waals surface area contributed by atoms with Crippen LogP contribution in [0.1, 0.15) is 42.4 Å². The lowest BCUT2D eigenvalue weighted by Crippen LogP contribution is -2.24. The van der Waals surface area contributed by atoms with Crippen LogP contribution in [0.4, 0.5) is 0 Å². The van der Waals surface area contributed by atoms with Crippen LogP contribution in [0.25, 0.3) is 0 Å². The summed E-state index contributed by atoms with van der Waals surface area (Å²) in [6.07, 6.45) is 5.75. The zero-order chi connectivity index (χ0) is 14.4. The van der Waals surface area contributed by atoms with Crippen molar-refractivity contribution in [3.05, 3.63) is 59.2 Å². The molecule has 2 aromatic rings. The maximum atomic E-state index is 4.57. The second-order valence-electron chi connectivity index (χ2n) is 5.00. The van der Waals surface area contributed by atoms with Crippen molar-refractivity contribution < 1.29 is 0 Å². The third-order valence-corrected chi connectivity index (χ3v) is 3.58. The highest BCUT2D eigenvalue weighted by molar-refractivity contribution is 5.25. The van der Waals surface area contributed by atoms with Crippen molar-refractivity contribution in [2.24, 2.45) is 0 Å². The van der Waals surface area contributed by atoms with Gasteiger partial charge in [-0.2, -0.15) is 0 Å². The van der Waals surface area contributed by atoms with E-state index in [-0.39, 0.29) is 6.04 Å². The molecule has 0 aliphatic rings. The van der Waals surface area contributed by atoms with Gasteiger partial charge < -0.3 is 5.32 Å². The average Bonchev–Trinajstić information content (AvgIpc) is 2.48. The van der Waals surface area contributed by atoms with E-state index in [1.807, 2.05) is 18.5 Å². The van der Waals surface area contributed by atoms with Gasteiger partial charge in [-0.05, 0) is 43.1 Å². The van der Waals surface area contributed by atoms with Gasteiger partial charge in [-0.15, -0.1) is 0 Å². The number of rotatable bonds is 6. The van der Waals surface area contributed by atoms with Crippen molar-refractivity contribution in [1.82, 2.24) is 15.3 Å². The molecular formula is C17H23N3. The van der Waals surface area contributed by atoms with Crippen molar-refractivity contribution in [3.63, 3.8) is 0 Å². The van der Waals surface area contributed by atoms with Crippen LogP contribution in [0.3, 0.4) is 0 Å². The molecule has 106 valence electrons. The van der Waals surface area contributed by atoms with Crippen LogP contribution in [-0.4, -0.2) is 16.5 Å². The third-order valence-electron chi connectivity index (χ3n) is 3.58. The standard InChI is InChI=1S/C17H23N3/c1-4-14-8-9-15(20-12-14)11-17(18-5-2)16-7-6-10-19-13(16)3/h6-10,12,17-18H,4-5,11H2,1-3H3. The minimum Gasteiger partial charge on any atom is -0.310 e. The van der Waals surface area contributed by atoms with E-state index in [9.17, 15) is 0 Å². The highest BCUT2D eigenvalue weighted by Gasteiger charge is 2.14.